The monoisotopic (exact) mass is 264 g/mol. The lowest BCUT2D eigenvalue weighted by atomic mass is 10.3. The van der Waals surface area contributed by atoms with E-state index in [2.05, 4.69) is 4.74 Å². The van der Waals surface area contributed by atoms with Gasteiger partial charge in [-0.3, -0.25) is 0 Å². The molecule has 0 saturated carbocycles. The third-order valence-electron chi connectivity index (χ3n) is 0.757. The highest BCUT2D eigenvalue weighted by atomic mass is 127. The summed E-state index contributed by atoms with van der Waals surface area (Å²) in [5.74, 6) is -2.74. The van der Waals surface area contributed by atoms with Gasteiger partial charge in [0.05, 0.1) is 29.2 Å². The van der Waals surface area contributed by atoms with Gasteiger partial charge >= 0.3 is 3.98 Å². The number of carbonyl (C=O) groups excluding carboxylic acids is 1. The quantitative estimate of drug-likeness (QED) is 0.578. The molecular weight excluding hydrogens is 257 g/mol. The molecule has 0 aliphatic carbocycles. The molecule has 0 heterocycles. The molecule has 0 aromatic carbocycles. The predicted molar refractivity (Wildman–Crippen MR) is 40.6 cm³/mol. The molecule has 0 aliphatic heterocycles. The predicted octanol–water partition coefficient (Wildman–Crippen LogP) is 2.60. The minimum Gasteiger partial charge on any atom is -0.458 e. The van der Waals surface area contributed by atoms with E-state index in [0.717, 1.165) is 6.92 Å². The van der Waals surface area contributed by atoms with Crippen LogP contribution in [-0.2, 0) is 4.74 Å². The van der Waals surface area contributed by atoms with E-state index in [1.807, 2.05) is 0 Å². The van der Waals surface area contributed by atoms with Crippen LogP contribution < -0.4 is 0 Å². The highest BCUT2D eigenvalue weighted by Crippen LogP contribution is 2.16. The maximum absolute atomic E-state index is 12.0. The SMILES string of the molecule is CC(F)(F)CCOC(=O)I. The van der Waals surface area contributed by atoms with Crippen molar-refractivity contribution in [2.45, 2.75) is 19.3 Å². The first-order valence-electron chi connectivity index (χ1n) is 2.62. The Morgan fingerprint density at radius 1 is 1.70 bits per heavy atom. The van der Waals surface area contributed by atoms with E-state index in [4.69, 9.17) is 0 Å². The van der Waals surface area contributed by atoms with Gasteiger partial charge in [0.2, 0.25) is 5.92 Å². The molecule has 0 unspecified atom stereocenters. The number of alkyl halides is 2. The van der Waals surface area contributed by atoms with Crippen molar-refractivity contribution in [1.82, 2.24) is 0 Å². The topological polar surface area (TPSA) is 26.3 Å². The standard InChI is InChI=1S/C5H7F2IO2/c1-5(6,7)2-3-10-4(8)9/h2-3H2,1H3. The summed E-state index contributed by atoms with van der Waals surface area (Å²) in [7, 11) is 0. The summed E-state index contributed by atoms with van der Waals surface area (Å²) in [4.78, 5) is 10.0. The van der Waals surface area contributed by atoms with Gasteiger partial charge in [-0.25, -0.2) is 13.6 Å². The van der Waals surface area contributed by atoms with Crippen LogP contribution in [0.25, 0.3) is 0 Å². The zero-order chi connectivity index (χ0) is 8.20. The molecule has 0 aromatic heterocycles. The van der Waals surface area contributed by atoms with Crippen LogP contribution in [0, 0.1) is 0 Å². The van der Waals surface area contributed by atoms with E-state index in [-0.39, 0.29) is 6.61 Å². The summed E-state index contributed by atoms with van der Waals surface area (Å²) in [6, 6.07) is 0. The van der Waals surface area contributed by atoms with Crippen LogP contribution in [0.4, 0.5) is 13.6 Å². The van der Waals surface area contributed by atoms with Crippen molar-refractivity contribution in [2.75, 3.05) is 6.61 Å². The molecular formula is C5H7F2IO2. The molecule has 0 radical (unpaired) electrons. The molecule has 0 aromatic rings. The van der Waals surface area contributed by atoms with Gasteiger partial charge in [-0.2, -0.15) is 0 Å². The summed E-state index contributed by atoms with van der Waals surface area (Å²) in [5, 5.41) is 0. The second-order valence-corrected chi connectivity index (χ2v) is 2.79. The Balaban J connectivity index is 3.29. The maximum Gasteiger partial charge on any atom is 0.367 e. The van der Waals surface area contributed by atoms with Crippen LogP contribution in [-0.4, -0.2) is 16.5 Å². The Hall–Kier alpha value is 0.0600. The molecule has 0 spiro atoms. The van der Waals surface area contributed by atoms with Crippen molar-refractivity contribution in [1.29, 1.82) is 0 Å². The second-order valence-electron chi connectivity index (χ2n) is 1.91. The minimum absolute atomic E-state index is 0.217. The van der Waals surface area contributed by atoms with Gasteiger partial charge < -0.3 is 4.74 Å². The van der Waals surface area contributed by atoms with Crippen LogP contribution >= 0.6 is 22.6 Å². The zero-order valence-corrected chi connectivity index (χ0v) is 7.52. The van der Waals surface area contributed by atoms with Crippen molar-refractivity contribution < 1.29 is 18.3 Å². The smallest absolute Gasteiger partial charge is 0.367 e. The van der Waals surface area contributed by atoms with E-state index in [0.29, 0.717) is 0 Å². The fourth-order valence-electron chi connectivity index (χ4n) is 0.310. The molecule has 0 bridgehead atoms. The number of carbonyl (C=O) groups is 1. The van der Waals surface area contributed by atoms with Crippen molar-refractivity contribution in [3.05, 3.63) is 0 Å². The molecule has 0 rings (SSSR count). The van der Waals surface area contributed by atoms with Crippen LogP contribution in [0.15, 0.2) is 0 Å². The van der Waals surface area contributed by atoms with Crippen LogP contribution in [0.3, 0.4) is 0 Å². The summed E-state index contributed by atoms with van der Waals surface area (Å²) in [6.45, 7) is 0.569. The Kier molecular flexibility index (Phi) is 4.07. The van der Waals surface area contributed by atoms with E-state index < -0.39 is 16.3 Å². The molecule has 0 amide bonds. The molecule has 10 heavy (non-hydrogen) atoms. The summed E-state index contributed by atoms with van der Waals surface area (Å²) in [6.07, 6.45) is -0.415. The summed E-state index contributed by atoms with van der Waals surface area (Å²) >= 11 is 1.39. The van der Waals surface area contributed by atoms with E-state index >= 15 is 0 Å². The third kappa shape index (κ3) is 8.06. The Bertz CT molecular complexity index is 121. The molecule has 0 N–H and O–H groups in total. The summed E-state index contributed by atoms with van der Waals surface area (Å²) in [5.41, 5.74) is 0. The van der Waals surface area contributed by atoms with E-state index in [1.54, 1.807) is 0 Å². The highest BCUT2D eigenvalue weighted by molar-refractivity contribution is 14.1. The molecule has 0 atom stereocenters. The van der Waals surface area contributed by atoms with Crippen LogP contribution in [0.2, 0.25) is 0 Å². The molecule has 5 heteroatoms. The van der Waals surface area contributed by atoms with Gasteiger partial charge in [0.1, 0.15) is 0 Å². The second kappa shape index (κ2) is 4.05. The molecule has 0 saturated heterocycles. The van der Waals surface area contributed by atoms with Gasteiger partial charge in [-0.1, -0.05) is 0 Å². The fraction of sp³-hybridized carbons (Fsp3) is 0.800. The average molecular weight is 264 g/mol. The van der Waals surface area contributed by atoms with E-state index in [9.17, 15) is 13.6 Å². The van der Waals surface area contributed by atoms with Gasteiger partial charge in [-0.05, 0) is 6.92 Å². The van der Waals surface area contributed by atoms with Crippen LogP contribution in [0.5, 0.6) is 0 Å². The third-order valence-corrected chi connectivity index (χ3v) is 1.07. The number of hydrogen-bond donors (Lipinski definition) is 0. The van der Waals surface area contributed by atoms with Gasteiger partial charge in [-0.15, -0.1) is 0 Å². The van der Waals surface area contributed by atoms with Crippen molar-refractivity contribution >= 4 is 26.6 Å². The first-order chi connectivity index (χ1) is 4.42. The number of ether oxygens (including phenoxy) is 1. The van der Waals surface area contributed by atoms with Crippen molar-refractivity contribution in [3.8, 4) is 0 Å². The largest absolute Gasteiger partial charge is 0.458 e. The first-order valence-corrected chi connectivity index (χ1v) is 3.70. The Morgan fingerprint density at radius 2 is 2.20 bits per heavy atom. The Morgan fingerprint density at radius 3 is 2.50 bits per heavy atom. The van der Waals surface area contributed by atoms with Gasteiger partial charge in [0, 0.05) is 6.42 Å². The maximum atomic E-state index is 12.0. The number of hydrogen-bond acceptors (Lipinski definition) is 2. The van der Waals surface area contributed by atoms with Gasteiger partial charge in [0.15, 0.2) is 0 Å². The van der Waals surface area contributed by atoms with Gasteiger partial charge in [0.25, 0.3) is 0 Å². The average Bonchev–Trinajstić information content (AvgIpc) is 1.59. The molecule has 0 fully saturated rings. The van der Waals surface area contributed by atoms with Crippen molar-refractivity contribution in [2.24, 2.45) is 0 Å². The lowest BCUT2D eigenvalue weighted by molar-refractivity contribution is -0.00260. The molecule has 2 nitrogen and oxygen atoms in total. The fourth-order valence-corrected chi connectivity index (χ4v) is 0.531. The molecule has 60 valence electrons. The molecule has 0 aliphatic rings. The number of halogens is 3. The van der Waals surface area contributed by atoms with Crippen LogP contribution in [0.1, 0.15) is 13.3 Å². The van der Waals surface area contributed by atoms with E-state index in [1.165, 1.54) is 22.6 Å². The number of rotatable bonds is 3. The lowest BCUT2D eigenvalue weighted by Crippen LogP contribution is -2.13. The Labute approximate surface area is 71.1 Å². The highest BCUT2D eigenvalue weighted by Gasteiger charge is 2.20. The lowest BCUT2D eigenvalue weighted by Gasteiger charge is -2.08. The van der Waals surface area contributed by atoms with Crippen molar-refractivity contribution in [3.63, 3.8) is 0 Å². The first kappa shape index (κ1) is 10.1. The summed E-state index contributed by atoms with van der Waals surface area (Å²) < 4.78 is 27.7. The zero-order valence-electron chi connectivity index (χ0n) is 5.36. The normalized spacial score (nSPS) is 11.2. The minimum atomic E-state index is -2.74.